The number of nitrogens with one attached hydrogen (secondary N) is 2. The van der Waals surface area contributed by atoms with Gasteiger partial charge in [-0.2, -0.15) is 0 Å². The van der Waals surface area contributed by atoms with Gasteiger partial charge in [-0.15, -0.1) is 0 Å². The second kappa shape index (κ2) is 7.91. The highest BCUT2D eigenvalue weighted by Gasteiger charge is 2.11. The first-order chi connectivity index (χ1) is 9.04. The minimum atomic E-state index is -0.308. The van der Waals surface area contributed by atoms with Crippen LogP contribution in [0.3, 0.4) is 0 Å². The van der Waals surface area contributed by atoms with Gasteiger partial charge in [0.25, 0.3) is 5.91 Å². The predicted octanol–water partition coefficient (Wildman–Crippen LogP) is 1.07. The summed E-state index contributed by atoms with van der Waals surface area (Å²) >= 11 is 3.28. The summed E-state index contributed by atoms with van der Waals surface area (Å²) in [6, 6.07) is 6.88. The lowest BCUT2D eigenvalue weighted by Crippen LogP contribution is -2.41. The van der Waals surface area contributed by atoms with Crippen LogP contribution in [0.5, 0.6) is 0 Å². The van der Waals surface area contributed by atoms with Crippen molar-refractivity contribution in [2.75, 3.05) is 13.2 Å². The maximum absolute atomic E-state index is 11.8. The summed E-state index contributed by atoms with van der Waals surface area (Å²) in [5.74, 6) is -0.584. The predicted molar refractivity (Wildman–Crippen MR) is 75.8 cm³/mol. The van der Waals surface area contributed by atoms with Gasteiger partial charge >= 0.3 is 0 Å². The minimum absolute atomic E-state index is 0.0186. The van der Waals surface area contributed by atoms with Gasteiger partial charge in [-0.25, -0.2) is 0 Å². The van der Waals surface area contributed by atoms with Crippen LogP contribution in [0.1, 0.15) is 23.7 Å². The molecule has 104 valence electrons. The molecule has 1 rings (SSSR count). The molecule has 1 aromatic carbocycles. The highest BCUT2D eigenvalue weighted by Crippen LogP contribution is 2.15. The highest BCUT2D eigenvalue weighted by atomic mass is 79.9. The van der Waals surface area contributed by atoms with Gasteiger partial charge in [0.05, 0.1) is 12.1 Å². The van der Waals surface area contributed by atoms with Crippen LogP contribution in [0.25, 0.3) is 0 Å². The molecule has 5 nitrogen and oxygen atoms in total. The van der Waals surface area contributed by atoms with Crippen LogP contribution in [0, 0.1) is 0 Å². The van der Waals surface area contributed by atoms with Crippen LogP contribution in [0.15, 0.2) is 28.7 Å². The van der Waals surface area contributed by atoms with E-state index >= 15 is 0 Å². The monoisotopic (exact) mass is 328 g/mol. The molecule has 1 aromatic rings. The topological polar surface area (TPSA) is 78.4 Å². The maximum Gasteiger partial charge on any atom is 0.252 e. The molecule has 0 bridgehead atoms. The zero-order chi connectivity index (χ0) is 14.3. The molecular weight excluding hydrogens is 312 g/mol. The van der Waals surface area contributed by atoms with E-state index in [4.69, 9.17) is 5.11 Å². The molecule has 0 aliphatic carbocycles. The largest absolute Gasteiger partial charge is 0.396 e. The summed E-state index contributed by atoms with van der Waals surface area (Å²) in [5, 5.41) is 13.9. The third-order valence-electron chi connectivity index (χ3n) is 2.50. The molecular formula is C13H17BrN2O3. The third-order valence-corrected chi connectivity index (χ3v) is 3.19. The van der Waals surface area contributed by atoms with E-state index in [1.807, 2.05) is 6.07 Å². The van der Waals surface area contributed by atoms with Gasteiger partial charge in [-0.05, 0) is 41.4 Å². The van der Waals surface area contributed by atoms with E-state index in [1.165, 1.54) is 0 Å². The summed E-state index contributed by atoms with van der Waals surface area (Å²) in [4.78, 5) is 23.4. The quantitative estimate of drug-likeness (QED) is 0.730. The summed E-state index contributed by atoms with van der Waals surface area (Å²) in [6.45, 7) is 1.73. The zero-order valence-electron chi connectivity index (χ0n) is 10.6. The Labute approximate surface area is 120 Å². The van der Waals surface area contributed by atoms with Crippen LogP contribution in [0.2, 0.25) is 0 Å². The van der Waals surface area contributed by atoms with E-state index < -0.39 is 0 Å². The molecule has 0 spiro atoms. The van der Waals surface area contributed by atoms with Gasteiger partial charge in [0.1, 0.15) is 0 Å². The first kappa shape index (κ1) is 15.7. The van der Waals surface area contributed by atoms with Gasteiger partial charge in [-0.1, -0.05) is 12.1 Å². The Bertz CT molecular complexity index is 451. The number of carbonyl (C=O) groups excluding carboxylic acids is 2. The first-order valence-electron chi connectivity index (χ1n) is 5.97. The number of hydrogen-bond donors (Lipinski definition) is 3. The summed E-state index contributed by atoms with van der Waals surface area (Å²) in [6.07, 6.45) is 0.490. The Hall–Kier alpha value is -1.40. The van der Waals surface area contributed by atoms with E-state index in [2.05, 4.69) is 26.6 Å². The number of carbonyl (C=O) groups is 2. The Balaban J connectivity index is 2.42. The molecule has 0 fully saturated rings. The van der Waals surface area contributed by atoms with E-state index in [0.29, 0.717) is 16.5 Å². The second-order valence-corrected chi connectivity index (χ2v) is 5.00. The molecule has 0 saturated carbocycles. The fourth-order valence-corrected chi connectivity index (χ4v) is 1.96. The van der Waals surface area contributed by atoms with Crippen LogP contribution in [-0.4, -0.2) is 36.1 Å². The lowest BCUT2D eigenvalue weighted by atomic mass is 10.2. The number of aliphatic hydroxyl groups excluding tert-OH is 1. The lowest BCUT2D eigenvalue weighted by Gasteiger charge is -2.13. The van der Waals surface area contributed by atoms with Crippen molar-refractivity contribution < 1.29 is 14.7 Å². The zero-order valence-corrected chi connectivity index (χ0v) is 12.2. The van der Waals surface area contributed by atoms with Gasteiger partial charge in [0.15, 0.2) is 0 Å². The fourth-order valence-electron chi connectivity index (χ4n) is 1.49. The molecule has 6 heteroatoms. The van der Waals surface area contributed by atoms with Crippen molar-refractivity contribution in [1.29, 1.82) is 0 Å². The highest BCUT2D eigenvalue weighted by molar-refractivity contribution is 9.10. The van der Waals surface area contributed by atoms with Crippen LogP contribution < -0.4 is 10.6 Å². The maximum atomic E-state index is 11.8. The average Bonchev–Trinajstić information content (AvgIpc) is 2.36. The van der Waals surface area contributed by atoms with E-state index in [0.717, 1.165) is 0 Å². The molecule has 19 heavy (non-hydrogen) atoms. The first-order valence-corrected chi connectivity index (χ1v) is 6.77. The van der Waals surface area contributed by atoms with Crippen molar-refractivity contribution in [3.05, 3.63) is 34.3 Å². The second-order valence-electron chi connectivity index (χ2n) is 4.14. The fraction of sp³-hybridized carbons (Fsp3) is 0.385. The Morgan fingerprint density at radius 2 is 2.05 bits per heavy atom. The van der Waals surface area contributed by atoms with Gasteiger partial charge in [0, 0.05) is 17.1 Å². The number of hydrogen-bond acceptors (Lipinski definition) is 3. The Morgan fingerprint density at radius 1 is 1.37 bits per heavy atom. The Morgan fingerprint density at radius 3 is 2.68 bits per heavy atom. The van der Waals surface area contributed by atoms with Crippen molar-refractivity contribution >= 4 is 27.7 Å². The van der Waals surface area contributed by atoms with Crippen molar-refractivity contribution in [3.8, 4) is 0 Å². The SMILES string of the molecule is CC(CCO)NC(=O)CNC(=O)c1ccccc1Br. The smallest absolute Gasteiger partial charge is 0.252 e. The molecule has 0 radical (unpaired) electrons. The van der Waals surface area contributed by atoms with E-state index in [-0.39, 0.29) is 31.0 Å². The van der Waals surface area contributed by atoms with E-state index in [9.17, 15) is 9.59 Å². The summed E-state index contributed by atoms with van der Waals surface area (Å²) < 4.78 is 0.682. The van der Waals surface area contributed by atoms with Crippen molar-refractivity contribution in [2.24, 2.45) is 0 Å². The van der Waals surface area contributed by atoms with Gasteiger partial charge < -0.3 is 15.7 Å². The molecule has 0 aliphatic heterocycles. The molecule has 0 heterocycles. The molecule has 0 aliphatic rings. The molecule has 0 aromatic heterocycles. The number of benzene rings is 1. The van der Waals surface area contributed by atoms with E-state index in [1.54, 1.807) is 25.1 Å². The van der Waals surface area contributed by atoms with Gasteiger partial charge in [0.2, 0.25) is 5.91 Å². The number of halogens is 1. The summed E-state index contributed by atoms with van der Waals surface area (Å²) in [5.41, 5.74) is 0.485. The summed E-state index contributed by atoms with van der Waals surface area (Å²) in [7, 11) is 0. The Kier molecular flexibility index (Phi) is 6.52. The van der Waals surface area contributed by atoms with Gasteiger partial charge in [-0.3, -0.25) is 9.59 Å². The molecule has 3 N–H and O–H groups in total. The molecule has 2 amide bonds. The lowest BCUT2D eigenvalue weighted by molar-refractivity contribution is -0.120. The third kappa shape index (κ3) is 5.40. The van der Waals surface area contributed by atoms with Crippen molar-refractivity contribution in [3.63, 3.8) is 0 Å². The van der Waals surface area contributed by atoms with Crippen LogP contribution in [0.4, 0.5) is 0 Å². The molecule has 0 saturated heterocycles. The van der Waals surface area contributed by atoms with Crippen LogP contribution in [-0.2, 0) is 4.79 Å². The normalized spacial score (nSPS) is 11.7. The number of amides is 2. The number of aliphatic hydroxyl groups is 1. The van der Waals surface area contributed by atoms with Crippen molar-refractivity contribution in [2.45, 2.75) is 19.4 Å². The van der Waals surface area contributed by atoms with Crippen molar-refractivity contribution in [1.82, 2.24) is 10.6 Å². The molecule has 1 unspecified atom stereocenters. The standard InChI is InChI=1S/C13H17BrN2O3/c1-9(6-7-17)16-12(18)8-15-13(19)10-4-2-3-5-11(10)14/h2-5,9,17H,6-8H2,1H3,(H,15,19)(H,16,18). The number of rotatable bonds is 6. The average molecular weight is 329 g/mol. The minimum Gasteiger partial charge on any atom is -0.396 e. The molecule has 1 atom stereocenters. The van der Waals surface area contributed by atoms with Crippen LogP contribution >= 0.6 is 15.9 Å².